The molecule has 0 saturated carbocycles. The third kappa shape index (κ3) is 6.48. The lowest BCUT2D eigenvalue weighted by molar-refractivity contribution is 0.247. The minimum Gasteiger partial charge on any atom is -0.493 e. The van der Waals surface area contributed by atoms with Gasteiger partial charge in [-0.3, -0.25) is 0 Å². The molecule has 2 aromatic carbocycles. The second-order valence-electron chi connectivity index (χ2n) is 5.28. The number of thioether (sulfide) groups is 1. The van der Waals surface area contributed by atoms with Crippen molar-refractivity contribution in [1.82, 2.24) is 0 Å². The van der Waals surface area contributed by atoms with Gasteiger partial charge in [-0.1, -0.05) is 28.9 Å². The van der Waals surface area contributed by atoms with Gasteiger partial charge in [0.1, 0.15) is 11.5 Å². The number of hydrogen-bond acceptors (Lipinski definition) is 3. The molecule has 0 aromatic heterocycles. The summed E-state index contributed by atoms with van der Waals surface area (Å²) in [6.07, 6.45) is 2.05. The molecule has 0 heterocycles. The molecular weight excluding hydrogens is 372 g/mol. The number of rotatable bonds is 9. The van der Waals surface area contributed by atoms with Gasteiger partial charge < -0.3 is 9.47 Å². The summed E-state index contributed by atoms with van der Waals surface area (Å²) in [7, 11) is 0. The van der Waals surface area contributed by atoms with Gasteiger partial charge in [-0.2, -0.15) is 0 Å². The zero-order valence-electron chi connectivity index (χ0n) is 13.7. The van der Waals surface area contributed by atoms with Crippen LogP contribution in [0.4, 0.5) is 0 Å². The molecule has 0 fully saturated rings. The molecule has 0 radical (unpaired) electrons. The van der Waals surface area contributed by atoms with Gasteiger partial charge in [0.25, 0.3) is 0 Å². The Balaban J connectivity index is 1.72. The van der Waals surface area contributed by atoms with Gasteiger partial charge in [0.2, 0.25) is 0 Å². The van der Waals surface area contributed by atoms with E-state index in [1.54, 1.807) is 0 Å². The smallest absolute Gasteiger partial charge is 0.120 e. The van der Waals surface area contributed by atoms with Gasteiger partial charge in [0.05, 0.1) is 13.2 Å². The fourth-order valence-electron chi connectivity index (χ4n) is 2.01. The van der Waals surface area contributed by atoms with Crippen molar-refractivity contribution < 1.29 is 9.47 Å². The molecule has 0 saturated heterocycles. The van der Waals surface area contributed by atoms with Crippen LogP contribution in [-0.4, -0.2) is 19.0 Å². The summed E-state index contributed by atoms with van der Waals surface area (Å²) in [5, 5.41) is 0. The molecule has 0 bridgehead atoms. The highest BCUT2D eigenvalue weighted by molar-refractivity contribution is 9.10. The molecule has 0 aliphatic carbocycles. The predicted octanol–water partition coefficient (Wildman–Crippen LogP) is 6.11. The van der Waals surface area contributed by atoms with E-state index in [9.17, 15) is 0 Å². The van der Waals surface area contributed by atoms with Crippen molar-refractivity contribution in [2.75, 3.05) is 19.0 Å². The summed E-state index contributed by atoms with van der Waals surface area (Å²) in [5.41, 5.74) is 1.31. The van der Waals surface area contributed by atoms with Crippen LogP contribution in [0.15, 0.2) is 51.8 Å². The van der Waals surface area contributed by atoms with Crippen molar-refractivity contribution in [3.05, 3.63) is 52.5 Å². The molecule has 0 N–H and O–H groups in total. The lowest BCUT2D eigenvalue weighted by Gasteiger charge is -2.11. The van der Waals surface area contributed by atoms with Crippen molar-refractivity contribution in [1.29, 1.82) is 0 Å². The van der Waals surface area contributed by atoms with Crippen LogP contribution < -0.4 is 9.47 Å². The zero-order valence-corrected chi connectivity index (χ0v) is 16.1. The molecule has 0 aliphatic rings. The van der Waals surface area contributed by atoms with Gasteiger partial charge in [-0.05, 0) is 61.1 Å². The fourth-order valence-corrected chi connectivity index (χ4v) is 3.19. The SMILES string of the molecule is CCCSc1cc(OCCCOc2ccc(Br)cc2)ccc1C. The lowest BCUT2D eigenvalue weighted by atomic mass is 10.2. The van der Waals surface area contributed by atoms with Crippen LogP contribution in [0.1, 0.15) is 25.3 Å². The highest BCUT2D eigenvalue weighted by Gasteiger charge is 2.02. The Bertz CT molecular complexity index is 599. The summed E-state index contributed by atoms with van der Waals surface area (Å²) in [6.45, 7) is 5.67. The topological polar surface area (TPSA) is 18.5 Å². The number of hydrogen-bond donors (Lipinski definition) is 0. The van der Waals surface area contributed by atoms with Crippen molar-refractivity contribution in [2.24, 2.45) is 0 Å². The Morgan fingerprint density at radius 1 is 0.957 bits per heavy atom. The van der Waals surface area contributed by atoms with E-state index in [0.717, 1.165) is 28.1 Å². The molecule has 23 heavy (non-hydrogen) atoms. The van der Waals surface area contributed by atoms with E-state index in [1.807, 2.05) is 42.1 Å². The molecule has 0 unspecified atom stereocenters. The molecule has 124 valence electrons. The lowest BCUT2D eigenvalue weighted by Crippen LogP contribution is -2.05. The molecular formula is C19H23BrO2S. The molecule has 2 rings (SSSR count). The van der Waals surface area contributed by atoms with E-state index >= 15 is 0 Å². The maximum Gasteiger partial charge on any atom is 0.120 e. The molecule has 0 spiro atoms. The second-order valence-corrected chi connectivity index (χ2v) is 7.33. The zero-order chi connectivity index (χ0) is 16.5. The minimum atomic E-state index is 0.658. The van der Waals surface area contributed by atoms with Crippen LogP contribution >= 0.6 is 27.7 Å². The first-order valence-corrected chi connectivity index (χ1v) is 9.71. The molecule has 4 heteroatoms. The maximum absolute atomic E-state index is 5.84. The van der Waals surface area contributed by atoms with Gasteiger partial charge in [0, 0.05) is 15.8 Å². The summed E-state index contributed by atoms with van der Waals surface area (Å²) in [4.78, 5) is 1.32. The number of halogens is 1. The normalized spacial score (nSPS) is 10.6. The summed E-state index contributed by atoms with van der Waals surface area (Å²) in [5.74, 6) is 2.98. The monoisotopic (exact) mass is 394 g/mol. The highest BCUT2D eigenvalue weighted by atomic mass is 79.9. The Morgan fingerprint density at radius 3 is 2.30 bits per heavy atom. The van der Waals surface area contributed by atoms with Gasteiger partial charge in [-0.25, -0.2) is 0 Å². The van der Waals surface area contributed by atoms with Crippen LogP contribution in [0.2, 0.25) is 0 Å². The summed E-state index contributed by atoms with van der Waals surface area (Å²) < 4.78 is 12.6. The van der Waals surface area contributed by atoms with E-state index in [-0.39, 0.29) is 0 Å². The van der Waals surface area contributed by atoms with Gasteiger partial charge in [0.15, 0.2) is 0 Å². The molecule has 2 nitrogen and oxygen atoms in total. The minimum absolute atomic E-state index is 0.658. The third-order valence-corrected chi connectivity index (χ3v) is 5.15. The van der Waals surface area contributed by atoms with Crippen LogP contribution in [0, 0.1) is 6.92 Å². The Kier molecular flexibility index (Phi) is 7.83. The summed E-state index contributed by atoms with van der Waals surface area (Å²) >= 11 is 5.31. The van der Waals surface area contributed by atoms with Crippen LogP contribution in [0.25, 0.3) is 0 Å². The first-order valence-electron chi connectivity index (χ1n) is 7.93. The first-order chi connectivity index (χ1) is 11.2. The second kappa shape index (κ2) is 9.89. The molecule has 0 aliphatic heterocycles. The van der Waals surface area contributed by atoms with Crippen LogP contribution in [0.3, 0.4) is 0 Å². The molecule has 0 amide bonds. The maximum atomic E-state index is 5.84. The average Bonchev–Trinajstić information content (AvgIpc) is 2.56. The Hall–Kier alpha value is -1.13. The van der Waals surface area contributed by atoms with Crippen molar-refractivity contribution in [3.8, 4) is 11.5 Å². The number of benzene rings is 2. The Morgan fingerprint density at radius 2 is 1.61 bits per heavy atom. The quantitative estimate of drug-likeness (QED) is 0.377. The van der Waals surface area contributed by atoms with Crippen molar-refractivity contribution in [2.45, 2.75) is 31.6 Å². The van der Waals surface area contributed by atoms with Crippen molar-refractivity contribution in [3.63, 3.8) is 0 Å². The van der Waals surface area contributed by atoms with Crippen LogP contribution in [-0.2, 0) is 0 Å². The summed E-state index contributed by atoms with van der Waals surface area (Å²) in [6, 6.07) is 14.2. The van der Waals surface area contributed by atoms with E-state index in [2.05, 4.69) is 41.9 Å². The standard InChI is InChI=1S/C19H23BrO2S/c1-3-13-23-19-14-18(8-5-15(19)2)22-12-4-11-21-17-9-6-16(20)7-10-17/h5-10,14H,3-4,11-13H2,1-2H3. The number of ether oxygens (including phenoxy) is 2. The van der Waals surface area contributed by atoms with E-state index in [1.165, 1.54) is 16.9 Å². The van der Waals surface area contributed by atoms with Gasteiger partial charge in [-0.15, -0.1) is 11.8 Å². The highest BCUT2D eigenvalue weighted by Crippen LogP contribution is 2.27. The van der Waals surface area contributed by atoms with E-state index < -0.39 is 0 Å². The third-order valence-electron chi connectivity index (χ3n) is 3.26. The van der Waals surface area contributed by atoms with E-state index in [4.69, 9.17) is 9.47 Å². The molecule has 2 aromatic rings. The fraction of sp³-hybridized carbons (Fsp3) is 0.368. The largest absolute Gasteiger partial charge is 0.493 e. The number of aryl methyl sites for hydroxylation is 1. The van der Waals surface area contributed by atoms with Crippen molar-refractivity contribution >= 4 is 27.7 Å². The first kappa shape index (κ1) is 18.2. The average molecular weight is 395 g/mol. The predicted molar refractivity (Wildman–Crippen MR) is 102 cm³/mol. The molecule has 0 atom stereocenters. The van der Waals surface area contributed by atoms with E-state index in [0.29, 0.717) is 13.2 Å². The Labute approximate surface area is 151 Å². The van der Waals surface area contributed by atoms with Gasteiger partial charge >= 0.3 is 0 Å². The van der Waals surface area contributed by atoms with Crippen LogP contribution in [0.5, 0.6) is 11.5 Å².